The average molecular weight is 270 g/mol. The highest BCUT2D eigenvalue weighted by Gasteiger charge is 2.34. The van der Waals surface area contributed by atoms with Crippen LogP contribution >= 0.6 is 0 Å². The Morgan fingerprint density at radius 2 is 1.30 bits per heavy atom. The molecule has 0 bridgehead atoms. The first-order valence-electron chi connectivity index (χ1n) is 7.54. The van der Waals surface area contributed by atoms with Crippen molar-refractivity contribution < 1.29 is 5.11 Å². The molecule has 1 nitrogen and oxygen atoms in total. The monoisotopic (exact) mass is 270 g/mol. The lowest BCUT2D eigenvalue weighted by atomic mass is 9.82. The van der Waals surface area contributed by atoms with Crippen molar-refractivity contribution in [2.75, 3.05) is 0 Å². The lowest BCUT2D eigenvalue weighted by Crippen LogP contribution is -2.14. The molecule has 2 aromatic rings. The van der Waals surface area contributed by atoms with Crippen LogP contribution in [0.3, 0.4) is 0 Å². The predicted molar refractivity (Wildman–Crippen MR) is 88.4 cm³/mol. The normalized spacial score (nSPS) is 13.1. The lowest BCUT2D eigenvalue weighted by Gasteiger charge is -2.21. The summed E-state index contributed by atoms with van der Waals surface area (Å²) in [5.74, 6) is 0.339. The molecule has 1 N–H and O–H groups in total. The van der Waals surface area contributed by atoms with Gasteiger partial charge in [-0.25, -0.2) is 0 Å². The molecule has 0 aliphatic heterocycles. The standard InChI is InChI=1S/C15H14O.2C2H6/c1-15(2)13-6-4-3-5-11(13)12-9-10(16)7-8-14(12)15;2*1-2/h3-9,16H,1-2H3;2*1-2H3. The van der Waals surface area contributed by atoms with Crippen molar-refractivity contribution in [3.8, 4) is 16.9 Å². The average Bonchev–Trinajstić information content (AvgIpc) is 2.72. The van der Waals surface area contributed by atoms with Crippen LogP contribution in [-0.4, -0.2) is 5.11 Å². The summed E-state index contributed by atoms with van der Waals surface area (Å²) in [6, 6.07) is 14.1. The highest BCUT2D eigenvalue weighted by molar-refractivity contribution is 5.81. The smallest absolute Gasteiger partial charge is 0.116 e. The molecule has 0 atom stereocenters. The number of hydrogen-bond acceptors (Lipinski definition) is 1. The van der Waals surface area contributed by atoms with Gasteiger partial charge in [-0.1, -0.05) is 71.9 Å². The van der Waals surface area contributed by atoms with Gasteiger partial charge < -0.3 is 5.11 Å². The Bertz CT molecular complexity index is 568. The highest BCUT2D eigenvalue weighted by Crippen LogP contribution is 2.49. The molecule has 0 spiro atoms. The van der Waals surface area contributed by atoms with Crippen molar-refractivity contribution >= 4 is 0 Å². The van der Waals surface area contributed by atoms with E-state index in [1.54, 1.807) is 6.07 Å². The zero-order valence-corrected chi connectivity index (χ0v) is 13.5. The van der Waals surface area contributed by atoms with E-state index in [4.69, 9.17) is 0 Å². The van der Waals surface area contributed by atoms with Crippen LogP contribution in [0.25, 0.3) is 11.1 Å². The number of aromatic hydroxyl groups is 1. The van der Waals surface area contributed by atoms with Crippen molar-refractivity contribution in [1.82, 2.24) is 0 Å². The van der Waals surface area contributed by atoms with Gasteiger partial charge in [0.1, 0.15) is 5.75 Å². The second-order valence-corrected chi connectivity index (χ2v) is 4.90. The number of hydrogen-bond donors (Lipinski definition) is 1. The topological polar surface area (TPSA) is 20.2 Å². The maximum atomic E-state index is 9.59. The van der Waals surface area contributed by atoms with Gasteiger partial charge in [-0.3, -0.25) is 0 Å². The molecule has 108 valence electrons. The summed E-state index contributed by atoms with van der Waals surface area (Å²) in [4.78, 5) is 0. The third-order valence-corrected chi connectivity index (χ3v) is 3.57. The lowest BCUT2D eigenvalue weighted by molar-refractivity contribution is 0.475. The Labute approximate surface area is 123 Å². The van der Waals surface area contributed by atoms with Crippen molar-refractivity contribution in [3.05, 3.63) is 53.6 Å². The summed E-state index contributed by atoms with van der Waals surface area (Å²) in [6.45, 7) is 12.5. The van der Waals surface area contributed by atoms with Crippen LogP contribution in [0.5, 0.6) is 5.75 Å². The Kier molecular flexibility index (Phi) is 5.38. The molecule has 0 aromatic heterocycles. The molecule has 0 fully saturated rings. The number of phenolic OH excluding ortho intramolecular Hbond substituents is 1. The van der Waals surface area contributed by atoms with E-state index < -0.39 is 0 Å². The van der Waals surface area contributed by atoms with Gasteiger partial charge in [-0.2, -0.15) is 0 Å². The van der Waals surface area contributed by atoms with Gasteiger partial charge in [-0.05, 0) is 34.4 Å². The molecular formula is C19H26O. The van der Waals surface area contributed by atoms with Gasteiger partial charge in [0, 0.05) is 5.41 Å². The second kappa shape index (κ2) is 6.60. The SMILES string of the molecule is CC.CC.CC1(C)c2ccccc2-c2cc(O)ccc21. The molecule has 3 rings (SSSR count). The number of phenols is 1. The molecule has 0 unspecified atom stereocenters. The number of benzene rings is 2. The van der Waals surface area contributed by atoms with Crippen LogP contribution in [0, 0.1) is 0 Å². The van der Waals surface area contributed by atoms with Gasteiger partial charge in [-0.15, -0.1) is 0 Å². The van der Waals surface area contributed by atoms with Crippen molar-refractivity contribution in [2.24, 2.45) is 0 Å². The molecule has 0 saturated carbocycles. The van der Waals surface area contributed by atoms with Crippen LogP contribution in [0.15, 0.2) is 42.5 Å². The minimum atomic E-state index is 0.0413. The molecule has 1 aliphatic carbocycles. The van der Waals surface area contributed by atoms with Gasteiger partial charge >= 0.3 is 0 Å². The Balaban J connectivity index is 0.000000461. The molecule has 2 aromatic carbocycles. The summed E-state index contributed by atoms with van der Waals surface area (Å²) in [5.41, 5.74) is 5.10. The second-order valence-electron chi connectivity index (χ2n) is 4.90. The number of rotatable bonds is 0. The van der Waals surface area contributed by atoms with Crippen LogP contribution < -0.4 is 0 Å². The maximum absolute atomic E-state index is 9.59. The fourth-order valence-electron chi connectivity index (χ4n) is 2.71. The van der Waals surface area contributed by atoms with E-state index in [2.05, 4.69) is 32.0 Å². The fourth-order valence-corrected chi connectivity index (χ4v) is 2.71. The first-order chi connectivity index (χ1) is 9.60. The van der Waals surface area contributed by atoms with Gasteiger partial charge in [0.05, 0.1) is 0 Å². The number of fused-ring (bicyclic) bond motifs is 3. The quantitative estimate of drug-likeness (QED) is 0.646. The van der Waals surface area contributed by atoms with E-state index in [1.807, 2.05) is 45.9 Å². The molecule has 0 heterocycles. The summed E-state index contributed by atoms with van der Waals surface area (Å²) < 4.78 is 0. The Hall–Kier alpha value is -1.76. The summed E-state index contributed by atoms with van der Waals surface area (Å²) in [6.07, 6.45) is 0. The highest BCUT2D eigenvalue weighted by atomic mass is 16.3. The van der Waals surface area contributed by atoms with E-state index in [9.17, 15) is 5.11 Å². The predicted octanol–water partition coefficient (Wildman–Crippen LogP) is 5.75. The largest absolute Gasteiger partial charge is 0.508 e. The third kappa shape index (κ3) is 2.58. The molecular weight excluding hydrogens is 244 g/mol. The van der Waals surface area contributed by atoms with Crippen molar-refractivity contribution in [1.29, 1.82) is 0 Å². The summed E-state index contributed by atoms with van der Waals surface area (Å²) >= 11 is 0. The Morgan fingerprint density at radius 1 is 0.750 bits per heavy atom. The fraction of sp³-hybridized carbons (Fsp3) is 0.368. The minimum absolute atomic E-state index is 0.0413. The van der Waals surface area contributed by atoms with Crippen LogP contribution in [0.1, 0.15) is 52.7 Å². The van der Waals surface area contributed by atoms with E-state index in [0.717, 1.165) is 0 Å². The molecule has 20 heavy (non-hydrogen) atoms. The van der Waals surface area contributed by atoms with Crippen LogP contribution in [-0.2, 0) is 5.41 Å². The summed E-state index contributed by atoms with van der Waals surface area (Å²) in [5, 5.41) is 9.59. The first-order valence-corrected chi connectivity index (χ1v) is 7.54. The summed E-state index contributed by atoms with van der Waals surface area (Å²) in [7, 11) is 0. The van der Waals surface area contributed by atoms with E-state index >= 15 is 0 Å². The van der Waals surface area contributed by atoms with E-state index in [0.29, 0.717) is 5.75 Å². The molecule has 1 heteroatoms. The van der Waals surface area contributed by atoms with Crippen molar-refractivity contribution in [2.45, 2.75) is 47.0 Å². The van der Waals surface area contributed by atoms with E-state index in [-0.39, 0.29) is 5.41 Å². The zero-order valence-electron chi connectivity index (χ0n) is 13.5. The van der Waals surface area contributed by atoms with Gasteiger partial charge in [0.15, 0.2) is 0 Å². The maximum Gasteiger partial charge on any atom is 0.116 e. The van der Waals surface area contributed by atoms with E-state index in [1.165, 1.54) is 22.3 Å². The minimum Gasteiger partial charge on any atom is -0.508 e. The first kappa shape index (κ1) is 16.3. The molecule has 0 saturated heterocycles. The molecule has 1 aliphatic rings. The van der Waals surface area contributed by atoms with Crippen LogP contribution in [0.4, 0.5) is 0 Å². The van der Waals surface area contributed by atoms with Crippen LogP contribution in [0.2, 0.25) is 0 Å². The molecule has 0 radical (unpaired) electrons. The Morgan fingerprint density at radius 3 is 1.95 bits per heavy atom. The molecule has 0 amide bonds. The van der Waals surface area contributed by atoms with Crippen molar-refractivity contribution in [3.63, 3.8) is 0 Å². The van der Waals surface area contributed by atoms with Gasteiger partial charge in [0.25, 0.3) is 0 Å². The zero-order chi connectivity index (χ0) is 15.3. The third-order valence-electron chi connectivity index (χ3n) is 3.57. The van der Waals surface area contributed by atoms with Gasteiger partial charge in [0.2, 0.25) is 0 Å².